The molecule has 3 rings (SSSR count). The van der Waals surface area contributed by atoms with E-state index >= 15 is 0 Å². The molecule has 24 heavy (non-hydrogen) atoms. The van der Waals surface area contributed by atoms with E-state index in [4.69, 9.17) is 0 Å². The molecule has 1 aromatic carbocycles. The van der Waals surface area contributed by atoms with Crippen LogP contribution in [0.25, 0.3) is 0 Å². The van der Waals surface area contributed by atoms with Gasteiger partial charge in [0.05, 0.1) is 11.6 Å². The second-order valence-electron chi connectivity index (χ2n) is 6.86. The summed E-state index contributed by atoms with van der Waals surface area (Å²) in [7, 11) is 0. The van der Waals surface area contributed by atoms with Crippen molar-refractivity contribution in [2.24, 2.45) is 5.92 Å². The molecule has 1 aromatic rings. The number of Topliss-reactive ketones (excluding diaryl/α,β-unsaturated/α-hetero) is 1. The average molecular weight is 327 g/mol. The molecule has 4 nitrogen and oxygen atoms in total. The van der Waals surface area contributed by atoms with E-state index in [-0.39, 0.29) is 23.5 Å². The Morgan fingerprint density at radius 3 is 2.33 bits per heavy atom. The lowest BCUT2D eigenvalue weighted by atomic mass is 9.80. The Hall–Kier alpha value is -2.10. The molecule has 128 valence electrons. The van der Waals surface area contributed by atoms with E-state index in [2.05, 4.69) is 6.92 Å². The second-order valence-corrected chi connectivity index (χ2v) is 6.86. The van der Waals surface area contributed by atoms with Gasteiger partial charge < -0.3 is 5.11 Å². The lowest BCUT2D eigenvalue weighted by molar-refractivity contribution is -0.117. The molecule has 1 unspecified atom stereocenters. The van der Waals surface area contributed by atoms with Gasteiger partial charge in [-0.05, 0) is 49.8 Å². The molecular weight excluding hydrogens is 302 g/mol. The normalized spacial score (nSPS) is 22.3. The van der Waals surface area contributed by atoms with Crippen LogP contribution in [-0.4, -0.2) is 22.8 Å². The molecule has 1 aliphatic heterocycles. The van der Waals surface area contributed by atoms with Crippen LogP contribution in [0.15, 0.2) is 35.6 Å². The monoisotopic (exact) mass is 327 g/mol. The molecule has 4 heteroatoms. The highest BCUT2D eigenvalue weighted by Gasteiger charge is 2.46. The number of amides is 1. The van der Waals surface area contributed by atoms with Crippen LogP contribution in [0, 0.1) is 5.92 Å². The fraction of sp³-hybridized carbons (Fsp3) is 0.500. The molecule has 1 amide bonds. The second kappa shape index (κ2) is 6.80. The van der Waals surface area contributed by atoms with Gasteiger partial charge in [0.15, 0.2) is 11.5 Å². The summed E-state index contributed by atoms with van der Waals surface area (Å²) in [6.07, 6.45) is 6.35. The summed E-state index contributed by atoms with van der Waals surface area (Å²) in [4.78, 5) is 26.5. The number of aliphatic hydroxyl groups excluding tert-OH is 1. The average Bonchev–Trinajstić information content (AvgIpc) is 2.87. The topological polar surface area (TPSA) is 57.6 Å². The van der Waals surface area contributed by atoms with Crippen LogP contribution in [0.1, 0.15) is 51.5 Å². The number of aliphatic hydroxyl groups is 1. The van der Waals surface area contributed by atoms with Gasteiger partial charge in [0.1, 0.15) is 0 Å². The van der Waals surface area contributed by atoms with Crippen molar-refractivity contribution in [3.05, 3.63) is 41.2 Å². The molecule has 1 N–H and O–H groups in total. The maximum atomic E-state index is 12.7. The summed E-state index contributed by atoms with van der Waals surface area (Å²) in [5.41, 5.74) is 2.26. The molecule has 0 radical (unpaired) electrons. The van der Waals surface area contributed by atoms with Gasteiger partial charge in [-0.15, -0.1) is 0 Å². The minimum atomic E-state index is -0.444. The zero-order chi connectivity index (χ0) is 17.3. The number of ketones is 1. The quantitative estimate of drug-likeness (QED) is 0.911. The number of hydrogen-bond acceptors (Lipinski definition) is 3. The molecule has 0 bridgehead atoms. The Morgan fingerprint density at radius 2 is 1.79 bits per heavy atom. The Kier molecular flexibility index (Phi) is 4.74. The fourth-order valence-electron chi connectivity index (χ4n) is 4.07. The van der Waals surface area contributed by atoms with E-state index < -0.39 is 5.91 Å². The van der Waals surface area contributed by atoms with Crippen molar-refractivity contribution in [2.45, 2.75) is 58.4 Å². The Balaban J connectivity index is 2.01. The standard InChI is InChI=1S/C20H25NO3/c1-3-14-9-11-16(12-10-14)21-18(15-7-5-4-6-8-15)17(13(2)22)19(23)20(21)24/h9-12,15,18,23H,3-8H2,1-2H3. The summed E-state index contributed by atoms with van der Waals surface area (Å²) in [5.74, 6) is -0.779. The highest BCUT2D eigenvalue weighted by molar-refractivity contribution is 6.16. The highest BCUT2D eigenvalue weighted by Crippen LogP contribution is 2.40. The van der Waals surface area contributed by atoms with Crippen LogP contribution in [0.3, 0.4) is 0 Å². The summed E-state index contributed by atoms with van der Waals surface area (Å²) < 4.78 is 0. The van der Waals surface area contributed by atoms with Crippen LogP contribution in [0.5, 0.6) is 0 Å². The van der Waals surface area contributed by atoms with Crippen molar-refractivity contribution in [3.63, 3.8) is 0 Å². The minimum Gasteiger partial charge on any atom is -0.503 e. The van der Waals surface area contributed by atoms with Crippen molar-refractivity contribution < 1.29 is 14.7 Å². The van der Waals surface area contributed by atoms with E-state index in [1.807, 2.05) is 24.3 Å². The summed E-state index contributed by atoms with van der Waals surface area (Å²) in [6.45, 7) is 3.53. The van der Waals surface area contributed by atoms with Gasteiger partial charge in [-0.1, -0.05) is 38.3 Å². The van der Waals surface area contributed by atoms with E-state index in [1.54, 1.807) is 4.90 Å². The summed E-state index contributed by atoms with van der Waals surface area (Å²) >= 11 is 0. The number of rotatable bonds is 4. The predicted molar refractivity (Wildman–Crippen MR) is 94.0 cm³/mol. The summed E-state index contributed by atoms with van der Waals surface area (Å²) in [6, 6.07) is 7.52. The van der Waals surface area contributed by atoms with Gasteiger partial charge in [0.25, 0.3) is 5.91 Å². The Bertz CT molecular complexity index is 669. The Labute approximate surface area is 143 Å². The van der Waals surface area contributed by atoms with Crippen LogP contribution >= 0.6 is 0 Å². The number of carbonyl (C=O) groups is 2. The third kappa shape index (κ3) is 2.85. The molecule has 0 aromatic heterocycles. The van der Waals surface area contributed by atoms with Gasteiger partial charge in [0.2, 0.25) is 0 Å². The van der Waals surface area contributed by atoms with Gasteiger partial charge >= 0.3 is 0 Å². The first kappa shape index (κ1) is 16.7. The molecule has 0 saturated heterocycles. The third-order valence-corrected chi connectivity index (χ3v) is 5.35. The molecule has 1 saturated carbocycles. The number of benzene rings is 1. The number of aryl methyl sites for hydroxylation is 1. The van der Waals surface area contributed by atoms with Crippen molar-refractivity contribution in [2.75, 3.05) is 4.90 Å². The number of nitrogens with zero attached hydrogens (tertiary/aromatic N) is 1. The number of anilines is 1. The van der Waals surface area contributed by atoms with E-state index in [9.17, 15) is 14.7 Å². The molecular formula is C20H25NO3. The zero-order valence-corrected chi connectivity index (χ0v) is 14.4. The van der Waals surface area contributed by atoms with Crippen LogP contribution in [-0.2, 0) is 16.0 Å². The van der Waals surface area contributed by atoms with Crippen LogP contribution in [0.2, 0.25) is 0 Å². The lowest BCUT2D eigenvalue weighted by Crippen LogP contribution is -2.42. The van der Waals surface area contributed by atoms with Crippen LogP contribution < -0.4 is 4.90 Å². The van der Waals surface area contributed by atoms with E-state index in [1.165, 1.54) is 18.9 Å². The number of hydrogen-bond donors (Lipinski definition) is 1. The summed E-state index contributed by atoms with van der Waals surface area (Å²) in [5, 5.41) is 10.3. The molecule has 1 atom stereocenters. The predicted octanol–water partition coefficient (Wildman–Crippen LogP) is 3.95. The van der Waals surface area contributed by atoms with Gasteiger partial charge in [0, 0.05) is 5.69 Å². The SMILES string of the molecule is CCc1ccc(N2C(=O)C(O)=C(C(C)=O)C2C2CCCCC2)cc1. The van der Waals surface area contributed by atoms with E-state index in [0.29, 0.717) is 5.57 Å². The number of carbonyl (C=O) groups excluding carboxylic acids is 2. The maximum Gasteiger partial charge on any atom is 0.294 e. The molecule has 1 heterocycles. The molecule has 2 aliphatic rings. The zero-order valence-electron chi connectivity index (χ0n) is 14.4. The van der Waals surface area contributed by atoms with Crippen molar-refractivity contribution in [3.8, 4) is 0 Å². The van der Waals surface area contributed by atoms with Gasteiger partial charge in [-0.25, -0.2) is 0 Å². The first-order valence-corrected chi connectivity index (χ1v) is 8.91. The van der Waals surface area contributed by atoms with Gasteiger partial charge in [-0.3, -0.25) is 14.5 Å². The van der Waals surface area contributed by atoms with Crippen molar-refractivity contribution in [1.82, 2.24) is 0 Å². The first-order chi connectivity index (χ1) is 11.5. The molecule has 0 spiro atoms. The highest BCUT2D eigenvalue weighted by atomic mass is 16.3. The Morgan fingerprint density at radius 1 is 1.17 bits per heavy atom. The largest absolute Gasteiger partial charge is 0.503 e. The van der Waals surface area contributed by atoms with Gasteiger partial charge in [-0.2, -0.15) is 0 Å². The minimum absolute atomic E-state index is 0.205. The van der Waals surface area contributed by atoms with Crippen molar-refractivity contribution in [1.29, 1.82) is 0 Å². The first-order valence-electron chi connectivity index (χ1n) is 8.91. The smallest absolute Gasteiger partial charge is 0.294 e. The molecule has 1 aliphatic carbocycles. The van der Waals surface area contributed by atoms with Crippen LogP contribution in [0.4, 0.5) is 5.69 Å². The third-order valence-electron chi connectivity index (χ3n) is 5.35. The fourth-order valence-corrected chi connectivity index (χ4v) is 4.07. The lowest BCUT2D eigenvalue weighted by Gasteiger charge is -2.35. The van der Waals surface area contributed by atoms with E-state index in [0.717, 1.165) is 37.8 Å². The molecule has 1 fully saturated rings. The van der Waals surface area contributed by atoms with Crippen molar-refractivity contribution >= 4 is 17.4 Å². The maximum absolute atomic E-state index is 12.7.